The molecule has 1 aliphatic rings. The van der Waals surface area contributed by atoms with Crippen LogP contribution < -0.4 is 15.4 Å². The van der Waals surface area contributed by atoms with Gasteiger partial charge in [0, 0.05) is 19.4 Å². The van der Waals surface area contributed by atoms with Crippen molar-refractivity contribution in [2.75, 3.05) is 7.11 Å². The summed E-state index contributed by atoms with van der Waals surface area (Å²) in [4.78, 5) is 26.8. The predicted molar refractivity (Wildman–Crippen MR) is 172 cm³/mol. The molecule has 0 fully saturated rings. The molecule has 45 heavy (non-hydrogen) atoms. The minimum atomic E-state index is -1.08. The molecule has 2 amide bonds. The smallest absolute Gasteiger partial charge is 0.407 e. The Hall–Kier alpha value is -3.92. The predicted octanol–water partition coefficient (Wildman–Crippen LogP) is 4.88. The van der Waals surface area contributed by atoms with Crippen LogP contribution in [0.1, 0.15) is 62.4 Å². The van der Waals surface area contributed by atoms with Crippen molar-refractivity contribution in [1.29, 1.82) is 0 Å². The van der Waals surface area contributed by atoms with E-state index in [4.69, 9.17) is 14.2 Å². The molecule has 3 aromatic rings. The summed E-state index contributed by atoms with van der Waals surface area (Å²) in [7, 11) is 1.57. The van der Waals surface area contributed by atoms with Gasteiger partial charge in [-0.05, 0) is 81.3 Å². The Labute approximate surface area is 265 Å². The van der Waals surface area contributed by atoms with E-state index in [1.807, 2.05) is 78.9 Å². The molecule has 0 radical (unpaired) electrons. The number of nitrogens with one attached hydrogen (secondary N) is 2. The van der Waals surface area contributed by atoms with E-state index >= 15 is 0 Å². The van der Waals surface area contributed by atoms with Gasteiger partial charge in [0.25, 0.3) is 0 Å². The van der Waals surface area contributed by atoms with E-state index in [1.54, 1.807) is 34.8 Å². The van der Waals surface area contributed by atoms with Crippen LogP contribution in [-0.2, 0) is 33.5 Å². The second-order valence-corrected chi connectivity index (χ2v) is 12.7. The molecule has 4 rings (SSSR count). The van der Waals surface area contributed by atoms with Crippen molar-refractivity contribution in [2.45, 2.75) is 89.6 Å². The lowest BCUT2D eigenvalue weighted by Gasteiger charge is -2.30. The standard InChI is InChI=1S/C36H46N2O7/c1-23(43-5)44-28-17-15-25(16-18-28)19-27(34(41)38-33-29-14-10-9-13-26(29)21-32(33)40)22-31(39)30(20-24-11-7-6-8-12-24)37-35(42)45-36(2,3)4/h6-18,23,27,30-33,39-40H,19-22H2,1-5H3,(H,37,42)(H,38,41)/t23?,27-,30+,31+,32-,33+/m1/s1. The maximum atomic E-state index is 13.9. The molecule has 0 saturated heterocycles. The van der Waals surface area contributed by atoms with Crippen LogP contribution in [0.3, 0.4) is 0 Å². The van der Waals surface area contributed by atoms with E-state index in [2.05, 4.69) is 10.6 Å². The highest BCUT2D eigenvalue weighted by molar-refractivity contribution is 5.80. The summed E-state index contributed by atoms with van der Waals surface area (Å²) in [6.45, 7) is 7.12. The lowest BCUT2D eigenvalue weighted by Crippen LogP contribution is -2.48. The Kier molecular flexibility index (Phi) is 11.6. The summed E-state index contributed by atoms with van der Waals surface area (Å²) < 4.78 is 16.4. The van der Waals surface area contributed by atoms with Crippen LogP contribution in [0.25, 0.3) is 0 Å². The zero-order valence-electron chi connectivity index (χ0n) is 26.7. The van der Waals surface area contributed by atoms with Crippen LogP contribution in [0.15, 0.2) is 78.9 Å². The van der Waals surface area contributed by atoms with E-state index in [-0.39, 0.29) is 12.3 Å². The number of carbonyl (C=O) groups is 2. The van der Waals surface area contributed by atoms with Crippen LogP contribution in [0, 0.1) is 5.92 Å². The van der Waals surface area contributed by atoms with Crippen molar-refractivity contribution in [2.24, 2.45) is 5.92 Å². The molecular formula is C36H46N2O7. The average Bonchev–Trinajstić information content (AvgIpc) is 3.31. The Morgan fingerprint density at radius 3 is 2.24 bits per heavy atom. The number of hydrogen-bond donors (Lipinski definition) is 4. The Balaban J connectivity index is 1.57. The van der Waals surface area contributed by atoms with Gasteiger partial charge in [-0.1, -0.05) is 66.7 Å². The number of aliphatic hydroxyl groups excluding tert-OH is 2. The normalized spacial score (nSPS) is 18.6. The van der Waals surface area contributed by atoms with Gasteiger partial charge in [0.05, 0.1) is 24.3 Å². The Bertz CT molecular complexity index is 1390. The largest absolute Gasteiger partial charge is 0.465 e. The number of rotatable bonds is 13. The third kappa shape index (κ3) is 10.0. The lowest BCUT2D eigenvalue weighted by molar-refractivity contribution is -0.127. The van der Waals surface area contributed by atoms with E-state index in [0.717, 1.165) is 22.3 Å². The highest BCUT2D eigenvalue weighted by Gasteiger charge is 2.35. The average molecular weight is 619 g/mol. The first-order chi connectivity index (χ1) is 21.4. The van der Waals surface area contributed by atoms with Crippen LogP contribution in [0.5, 0.6) is 5.75 Å². The molecule has 242 valence electrons. The summed E-state index contributed by atoms with van der Waals surface area (Å²) in [5.74, 6) is -0.341. The maximum Gasteiger partial charge on any atom is 0.407 e. The fourth-order valence-electron chi connectivity index (χ4n) is 5.60. The number of benzene rings is 3. The van der Waals surface area contributed by atoms with Gasteiger partial charge in [-0.25, -0.2) is 4.79 Å². The van der Waals surface area contributed by atoms with Crippen molar-refractivity contribution in [3.63, 3.8) is 0 Å². The molecule has 9 heteroatoms. The van der Waals surface area contributed by atoms with E-state index in [9.17, 15) is 19.8 Å². The summed E-state index contributed by atoms with van der Waals surface area (Å²) in [6.07, 6.45) is -1.72. The maximum absolute atomic E-state index is 13.9. The first-order valence-corrected chi connectivity index (χ1v) is 15.5. The van der Waals surface area contributed by atoms with Gasteiger partial charge in [0.2, 0.25) is 5.91 Å². The first kappa shape index (κ1) is 34.0. The number of carbonyl (C=O) groups excluding carboxylic acids is 2. The third-order valence-electron chi connectivity index (χ3n) is 7.90. The molecule has 4 N–H and O–H groups in total. The first-order valence-electron chi connectivity index (χ1n) is 15.5. The number of methoxy groups -OCH3 is 1. The van der Waals surface area contributed by atoms with Crippen molar-refractivity contribution >= 4 is 12.0 Å². The number of hydrogen-bond acceptors (Lipinski definition) is 7. The molecular weight excluding hydrogens is 572 g/mol. The highest BCUT2D eigenvalue weighted by atomic mass is 16.7. The second-order valence-electron chi connectivity index (χ2n) is 12.7. The molecule has 1 unspecified atom stereocenters. The van der Waals surface area contributed by atoms with Gasteiger partial charge in [-0.2, -0.15) is 0 Å². The quantitative estimate of drug-likeness (QED) is 0.201. The second kappa shape index (κ2) is 15.4. The van der Waals surface area contributed by atoms with Crippen LogP contribution in [-0.4, -0.2) is 59.5 Å². The van der Waals surface area contributed by atoms with Gasteiger partial charge < -0.3 is 35.1 Å². The zero-order chi connectivity index (χ0) is 32.6. The summed E-state index contributed by atoms with van der Waals surface area (Å²) in [6, 6.07) is 23.3. The number of aliphatic hydroxyl groups is 2. The Morgan fingerprint density at radius 1 is 0.933 bits per heavy atom. The number of amides is 2. The molecule has 0 heterocycles. The minimum Gasteiger partial charge on any atom is -0.465 e. The number of alkyl carbamates (subject to hydrolysis) is 1. The molecule has 0 bridgehead atoms. The molecule has 0 saturated carbocycles. The lowest BCUT2D eigenvalue weighted by atomic mass is 9.88. The van der Waals surface area contributed by atoms with Crippen molar-refractivity contribution < 1.29 is 34.0 Å². The van der Waals surface area contributed by atoms with Gasteiger partial charge in [0.1, 0.15) is 11.4 Å². The van der Waals surface area contributed by atoms with Crippen LogP contribution in [0.2, 0.25) is 0 Å². The molecule has 3 aromatic carbocycles. The number of fused-ring (bicyclic) bond motifs is 1. The molecule has 0 aromatic heterocycles. The van der Waals surface area contributed by atoms with Gasteiger partial charge >= 0.3 is 6.09 Å². The molecule has 9 nitrogen and oxygen atoms in total. The summed E-state index contributed by atoms with van der Waals surface area (Å²) in [5, 5.41) is 28.4. The number of ether oxygens (including phenoxy) is 3. The highest BCUT2D eigenvalue weighted by Crippen LogP contribution is 2.32. The molecule has 6 atom stereocenters. The van der Waals surface area contributed by atoms with E-state index in [1.165, 1.54) is 0 Å². The zero-order valence-corrected chi connectivity index (χ0v) is 26.7. The molecule has 0 spiro atoms. The monoisotopic (exact) mass is 618 g/mol. The minimum absolute atomic E-state index is 0.0581. The molecule has 1 aliphatic carbocycles. The van der Waals surface area contributed by atoms with Crippen molar-refractivity contribution in [1.82, 2.24) is 10.6 Å². The molecule has 0 aliphatic heterocycles. The topological polar surface area (TPSA) is 126 Å². The van der Waals surface area contributed by atoms with Gasteiger partial charge in [-0.3, -0.25) is 4.79 Å². The van der Waals surface area contributed by atoms with Crippen molar-refractivity contribution in [3.05, 3.63) is 101 Å². The van der Waals surface area contributed by atoms with Crippen LogP contribution >= 0.6 is 0 Å². The van der Waals surface area contributed by atoms with Crippen LogP contribution in [0.4, 0.5) is 4.79 Å². The Morgan fingerprint density at radius 2 is 1.58 bits per heavy atom. The SMILES string of the molecule is COC(C)Oc1ccc(C[C@H](C[C@H](O)[C@H](Cc2ccccc2)NC(=O)OC(C)(C)C)C(=O)N[C@H]2c3ccccc3C[C@H]2O)cc1. The fourth-order valence-corrected chi connectivity index (χ4v) is 5.60. The van der Waals surface area contributed by atoms with Gasteiger partial charge in [-0.15, -0.1) is 0 Å². The fraction of sp³-hybridized carbons (Fsp3) is 0.444. The van der Waals surface area contributed by atoms with E-state index in [0.29, 0.717) is 25.0 Å². The third-order valence-corrected chi connectivity index (χ3v) is 7.90. The van der Waals surface area contributed by atoms with Gasteiger partial charge in [0.15, 0.2) is 6.29 Å². The van der Waals surface area contributed by atoms with Crippen molar-refractivity contribution in [3.8, 4) is 5.75 Å². The van der Waals surface area contributed by atoms with E-state index < -0.39 is 48.2 Å². The summed E-state index contributed by atoms with van der Waals surface area (Å²) >= 11 is 0. The summed E-state index contributed by atoms with van der Waals surface area (Å²) in [5.41, 5.74) is 2.96.